The van der Waals surface area contributed by atoms with E-state index in [2.05, 4.69) is 5.10 Å². The highest BCUT2D eigenvalue weighted by Gasteiger charge is 2.05. The molecular formula is C13H10ClN3O. The molecule has 0 amide bonds. The van der Waals surface area contributed by atoms with Crippen LogP contribution in [0.25, 0.3) is 0 Å². The van der Waals surface area contributed by atoms with Crippen molar-refractivity contribution in [3.63, 3.8) is 0 Å². The van der Waals surface area contributed by atoms with Crippen LogP contribution in [-0.2, 0) is 6.54 Å². The third-order valence-electron chi connectivity index (χ3n) is 2.55. The lowest BCUT2D eigenvalue weighted by Crippen LogP contribution is -2.24. The van der Waals surface area contributed by atoms with Crippen molar-refractivity contribution in [2.45, 2.75) is 13.5 Å². The Labute approximate surface area is 109 Å². The second-order valence-corrected chi connectivity index (χ2v) is 4.31. The van der Waals surface area contributed by atoms with E-state index in [0.29, 0.717) is 22.8 Å². The van der Waals surface area contributed by atoms with E-state index < -0.39 is 0 Å². The van der Waals surface area contributed by atoms with Gasteiger partial charge in [-0.05, 0) is 24.6 Å². The van der Waals surface area contributed by atoms with Gasteiger partial charge in [-0.15, -0.1) is 0 Å². The first kappa shape index (κ1) is 12.3. The van der Waals surface area contributed by atoms with E-state index in [1.165, 1.54) is 10.7 Å². The first-order chi connectivity index (χ1) is 8.60. The Morgan fingerprint density at radius 1 is 1.39 bits per heavy atom. The Balaban J connectivity index is 2.36. The lowest BCUT2D eigenvalue weighted by molar-refractivity contribution is 0.627. The molecule has 0 unspecified atom stereocenters. The molecule has 5 heteroatoms. The zero-order valence-electron chi connectivity index (χ0n) is 9.72. The molecule has 0 aliphatic carbocycles. The van der Waals surface area contributed by atoms with Crippen molar-refractivity contribution in [3.8, 4) is 6.07 Å². The van der Waals surface area contributed by atoms with Crippen LogP contribution in [0.2, 0.25) is 5.02 Å². The number of aryl methyl sites for hydroxylation is 1. The van der Waals surface area contributed by atoms with Crippen LogP contribution in [-0.4, -0.2) is 9.78 Å². The molecule has 0 saturated heterocycles. The van der Waals surface area contributed by atoms with Crippen LogP contribution in [0.3, 0.4) is 0 Å². The monoisotopic (exact) mass is 259 g/mol. The summed E-state index contributed by atoms with van der Waals surface area (Å²) in [5, 5.41) is 13.6. The first-order valence-corrected chi connectivity index (χ1v) is 5.71. The molecule has 90 valence electrons. The van der Waals surface area contributed by atoms with Gasteiger partial charge < -0.3 is 0 Å². The van der Waals surface area contributed by atoms with E-state index in [9.17, 15) is 4.79 Å². The van der Waals surface area contributed by atoms with Crippen molar-refractivity contribution in [2.24, 2.45) is 0 Å². The zero-order chi connectivity index (χ0) is 13.1. The number of rotatable bonds is 2. The number of nitriles is 1. The molecule has 0 aliphatic rings. The van der Waals surface area contributed by atoms with Crippen molar-refractivity contribution < 1.29 is 0 Å². The summed E-state index contributed by atoms with van der Waals surface area (Å²) in [6.45, 7) is 2.07. The lowest BCUT2D eigenvalue weighted by atomic mass is 10.2. The summed E-state index contributed by atoms with van der Waals surface area (Å²) in [6, 6.07) is 10.4. The third kappa shape index (κ3) is 2.58. The molecule has 2 rings (SSSR count). The molecule has 18 heavy (non-hydrogen) atoms. The maximum atomic E-state index is 11.7. The van der Waals surface area contributed by atoms with Crippen LogP contribution in [0.15, 0.2) is 35.1 Å². The van der Waals surface area contributed by atoms with Gasteiger partial charge in [-0.3, -0.25) is 4.79 Å². The van der Waals surface area contributed by atoms with Gasteiger partial charge in [-0.1, -0.05) is 23.7 Å². The van der Waals surface area contributed by atoms with Gasteiger partial charge in [0.25, 0.3) is 5.56 Å². The molecule has 4 nitrogen and oxygen atoms in total. The number of nitrogens with zero attached hydrogens (tertiary/aromatic N) is 3. The van der Waals surface area contributed by atoms with E-state index >= 15 is 0 Å². The number of hydrogen-bond donors (Lipinski definition) is 0. The summed E-state index contributed by atoms with van der Waals surface area (Å²) in [7, 11) is 0. The summed E-state index contributed by atoms with van der Waals surface area (Å²) >= 11 is 5.79. The van der Waals surface area contributed by atoms with Gasteiger partial charge >= 0.3 is 0 Å². The summed E-state index contributed by atoms with van der Waals surface area (Å²) in [4.78, 5) is 11.7. The minimum Gasteiger partial charge on any atom is -0.268 e. The van der Waals surface area contributed by atoms with Gasteiger partial charge in [0.15, 0.2) is 0 Å². The number of halogens is 1. The molecule has 1 aromatic heterocycles. The van der Waals surface area contributed by atoms with Crippen molar-refractivity contribution in [1.29, 1.82) is 5.26 Å². The van der Waals surface area contributed by atoms with E-state index in [1.54, 1.807) is 19.1 Å². The Kier molecular flexibility index (Phi) is 3.45. The fourth-order valence-electron chi connectivity index (χ4n) is 1.58. The fourth-order valence-corrected chi connectivity index (χ4v) is 1.70. The van der Waals surface area contributed by atoms with Gasteiger partial charge in [-0.25, -0.2) is 4.68 Å². The van der Waals surface area contributed by atoms with Crippen LogP contribution in [0.1, 0.15) is 16.8 Å². The molecule has 0 fully saturated rings. The van der Waals surface area contributed by atoms with E-state index in [0.717, 1.165) is 5.56 Å². The molecule has 0 radical (unpaired) electrons. The first-order valence-electron chi connectivity index (χ1n) is 5.33. The summed E-state index contributed by atoms with van der Waals surface area (Å²) in [6.07, 6.45) is 0. The Morgan fingerprint density at radius 2 is 2.06 bits per heavy atom. The second kappa shape index (κ2) is 5.03. The van der Waals surface area contributed by atoms with Crippen molar-refractivity contribution in [2.75, 3.05) is 0 Å². The fraction of sp³-hybridized carbons (Fsp3) is 0.154. The van der Waals surface area contributed by atoms with Gasteiger partial charge in [0, 0.05) is 11.1 Å². The van der Waals surface area contributed by atoms with Gasteiger partial charge in [-0.2, -0.15) is 10.4 Å². The van der Waals surface area contributed by atoms with Crippen molar-refractivity contribution in [1.82, 2.24) is 9.78 Å². The molecule has 2 aromatic rings. The summed E-state index contributed by atoms with van der Waals surface area (Å²) < 4.78 is 1.33. The largest absolute Gasteiger partial charge is 0.268 e. The molecule has 1 aromatic carbocycles. The SMILES string of the molecule is Cc1nn(Cc2ccc(Cl)cc2)c(=O)cc1C#N. The quantitative estimate of drug-likeness (QED) is 0.830. The number of benzene rings is 1. The van der Waals surface area contributed by atoms with Crippen molar-refractivity contribution >= 4 is 11.6 Å². The summed E-state index contributed by atoms with van der Waals surface area (Å²) in [5.74, 6) is 0. The predicted octanol–water partition coefficient (Wildman–Crippen LogP) is 2.13. The van der Waals surface area contributed by atoms with Gasteiger partial charge in [0.2, 0.25) is 0 Å². The number of hydrogen-bond acceptors (Lipinski definition) is 3. The minimum atomic E-state index is -0.285. The third-order valence-corrected chi connectivity index (χ3v) is 2.80. The average Bonchev–Trinajstić information content (AvgIpc) is 2.36. The van der Waals surface area contributed by atoms with Crippen LogP contribution in [0, 0.1) is 18.3 Å². The Hall–Kier alpha value is -2.12. The number of aromatic nitrogens is 2. The van der Waals surface area contributed by atoms with E-state index in [-0.39, 0.29) is 5.56 Å². The molecule has 0 bridgehead atoms. The topological polar surface area (TPSA) is 58.7 Å². The highest BCUT2D eigenvalue weighted by atomic mass is 35.5. The summed E-state index contributed by atoms with van der Waals surface area (Å²) in [5.41, 5.74) is 1.50. The molecule has 0 N–H and O–H groups in total. The molecular weight excluding hydrogens is 250 g/mol. The maximum Gasteiger partial charge on any atom is 0.268 e. The smallest absolute Gasteiger partial charge is 0.268 e. The standard InChI is InChI=1S/C13H10ClN3O/c1-9-11(7-15)6-13(18)17(16-9)8-10-2-4-12(14)5-3-10/h2-6H,8H2,1H3. The highest BCUT2D eigenvalue weighted by molar-refractivity contribution is 6.30. The second-order valence-electron chi connectivity index (χ2n) is 3.88. The highest BCUT2D eigenvalue weighted by Crippen LogP contribution is 2.10. The maximum absolute atomic E-state index is 11.7. The van der Waals surface area contributed by atoms with Crippen LogP contribution in [0.5, 0.6) is 0 Å². The zero-order valence-corrected chi connectivity index (χ0v) is 10.5. The molecule has 0 saturated carbocycles. The Morgan fingerprint density at radius 3 is 2.67 bits per heavy atom. The van der Waals surface area contributed by atoms with E-state index in [1.807, 2.05) is 18.2 Å². The molecule has 0 aliphatic heterocycles. The van der Waals surface area contributed by atoms with Crippen LogP contribution in [0.4, 0.5) is 0 Å². The van der Waals surface area contributed by atoms with Crippen LogP contribution >= 0.6 is 11.6 Å². The minimum absolute atomic E-state index is 0.285. The predicted molar refractivity (Wildman–Crippen MR) is 68.5 cm³/mol. The molecule has 0 atom stereocenters. The molecule has 1 heterocycles. The average molecular weight is 260 g/mol. The Bertz CT molecular complexity index is 668. The molecule has 0 spiro atoms. The lowest BCUT2D eigenvalue weighted by Gasteiger charge is -2.06. The van der Waals surface area contributed by atoms with Gasteiger partial charge in [0.1, 0.15) is 6.07 Å². The van der Waals surface area contributed by atoms with E-state index in [4.69, 9.17) is 16.9 Å². The normalized spacial score (nSPS) is 10.1. The van der Waals surface area contributed by atoms with Crippen LogP contribution < -0.4 is 5.56 Å². The van der Waals surface area contributed by atoms with Gasteiger partial charge in [0.05, 0.1) is 17.8 Å². The van der Waals surface area contributed by atoms with Crippen molar-refractivity contribution in [3.05, 3.63) is 62.5 Å².